The molecular weight excluding hydrogens is 316 g/mol. The molecule has 1 aromatic rings. The first-order valence-electron chi connectivity index (χ1n) is 7.59. The highest BCUT2D eigenvalue weighted by molar-refractivity contribution is 6.39. The molecule has 0 aromatic heterocycles. The zero-order chi connectivity index (χ0) is 17.5. The number of amides is 2. The van der Waals surface area contributed by atoms with Crippen LogP contribution in [-0.4, -0.2) is 52.4 Å². The number of nitrogens with one attached hydrogen (secondary N) is 2. The van der Waals surface area contributed by atoms with Crippen LogP contribution in [0.15, 0.2) is 12.1 Å². The van der Waals surface area contributed by atoms with Gasteiger partial charge in [0.1, 0.15) is 0 Å². The number of hydrogen-bond donors (Lipinski definition) is 2. The summed E-state index contributed by atoms with van der Waals surface area (Å²) in [7, 11) is 4.42. The van der Waals surface area contributed by atoms with E-state index in [0.29, 0.717) is 36.1 Å². The van der Waals surface area contributed by atoms with E-state index in [0.717, 1.165) is 12.8 Å². The summed E-state index contributed by atoms with van der Waals surface area (Å²) in [5.41, 5.74) is 0.363. The predicted molar refractivity (Wildman–Crippen MR) is 86.7 cm³/mol. The van der Waals surface area contributed by atoms with Gasteiger partial charge in [-0.15, -0.1) is 0 Å². The Morgan fingerprint density at radius 3 is 2.29 bits per heavy atom. The molecule has 0 radical (unpaired) electrons. The van der Waals surface area contributed by atoms with Gasteiger partial charge in [0.15, 0.2) is 11.5 Å². The lowest BCUT2D eigenvalue weighted by Gasteiger charge is -2.15. The molecule has 2 amide bonds. The number of benzene rings is 1. The van der Waals surface area contributed by atoms with Gasteiger partial charge in [0.05, 0.1) is 27.4 Å². The lowest BCUT2D eigenvalue weighted by molar-refractivity contribution is -0.136. The van der Waals surface area contributed by atoms with Gasteiger partial charge in [-0.2, -0.15) is 0 Å². The molecule has 8 heteroatoms. The Kier molecular flexibility index (Phi) is 6.25. The second-order valence-electron chi connectivity index (χ2n) is 5.21. The normalized spacial score (nSPS) is 16.4. The van der Waals surface area contributed by atoms with E-state index in [4.69, 9.17) is 18.9 Å². The van der Waals surface area contributed by atoms with Crippen LogP contribution in [-0.2, 0) is 14.3 Å². The van der Waals surface area contributed by atoms with E-state index >= 15 is 0 Å². The molecule has 0 saturated carbocycles. The third-order valence-corrected chi connectivity index (χ3v) is 3.64. The van der Waals surface area contributed by atoms with Gasteiger partial charge in [-0.3, -0.25) is 9.59 Å². The van der Waals surface area contributed by atoms with Gasteiger partial charge in [-0.1, -0.05) is 0 Å². The number of rotatable bonds is 6. The van der Waals surface area contributed by atoms with Crippen LogP contribution in [0, 0.1) is 0 Å². The molecular formula is C16H22N2O6. The Hall–Kier alpha value is -2.48. The fraction of sp³-hybridized carbons (Fsp3) is 0.500. The first kappa shape index (κ1) is 17.9. The molecule has 0 bridgehead atoms. The second kappa shape index (κ2) is 8.39. The lowest BCUT2D eigenvalue weighted by Crippen LogP contribution is -2.39. The highest BCUT2D eigenvalue weighted by atomic mass is 16.5. The quantitative estimate of drug-likeness (QED) is 0.750. The summed E-state index contributed by atoms with van der Waals surface area (Å²) >= 11 is 0. The smallest absolute Gasteiger partial charge is 0.313 e. The van der Waals surface area contributed by atoms with E-state index in [1.54, 1.807) is 12.1 Å². The van der Waals surface area contributed by atoms with Crippen molar-refractivity contribution in [1.82, 2.24) is 5.32 Å². The standard InChI is InChI=1S/C16H22N2O6/c1-21-12-7-10(8-13(22-2)14(12)23-3)18-16(20)15(19)17-9-11-5-4-6-24-11/h7-8,11H,4-6,9H2,1-3H3,(H,17,19)(H,18,20). The molecule has 1 fully saturated rings. The van der Waals surface area contributed by atoms with E-state index in [2.05, 4.69) is 10.6 Å². The number of carbonyl (C=O) groups excluding carboxylic acids is 2. The van der Waals surface area contributed by atoms with Crippen LogP contribution in [0.4, 0.5) is 5.69 Å². The van der Waals surface area contributed by atoms with Gasteiger partial charge in [0, 0.05) is 31.0 Å². The highest BCUT2D eigenvalue weighted by Crippen LogP contribution is 2.39. The number of ether oxygens (including phenoxy) is 4. The van der Waals surface area contributed by atoms with Gasteiger partial charge in [0.25, 0.3) is 0 Å². The van der Waals surface area contributed by atoms with Crippen LogP contribution in [0.3, 0.4) is 0 Å². The minimum absolute atomic E-state index is 0.0251. The molecule has 24 heavy (non-hydrogen) atoms. The molecule has 8 nitrogen and oxygen atoms in total. The molecule has 1 aliphatic heterocycles. The average Bonchev–Trinajstić information content (AvgIpc) is 3.12. The first-order valence-corrected chi connectivity index (χ1v) is 7.59. The second-order valence-corrected chi connectivity index (χ2v) is 5.21. The van der Waals surface area contributed by atoms with Gasteiger partial charge >= 0.3 is 11.8 Å². The van der Waals surface area contributed by atoms with Crippen molar-refractivity contribution >= 4 is 17.5 Å². The predicted octanol–water partition coefficient (Wildman–Crippen LogP) is 0.946. The molecule has 1 aliphatic rings. The van der Waals surface area contributed by atoms with Crippen molar-refractivity contribution in [2.45, 2.75) is 18.9 Å². The van der Waals surface area contributed by atoms with Gasteiger partial charge in [-0.05, 0) is 12.8 Å². The van der Waals surface area contributed by atoms with Gasteiger partial charge in [0.2, 0.25) is 5.75 Å². The van der Waals surface area contributed by atoms with Crippen LogP contribution >= 0.6 is 0 Å². The lowest BCUT2D eigenvalue weighted by atomic mass is 10.2. The minimum atomic E-state index is -0.776. The highest BCUT2D eigenvalue weighted by Gasteiger charge is 2.20. The van der Waals surface area contributed by atoms with Crippen molar-refractivity contribution < 1.29 is 28.5 Å². The summed E-state index contributed by atoms with van der Waals surface area (Å²) in [5.74, 6) is -0.332. The first-order chi connectivity index (χ1) is 11.6. The molecule has 2 rings (SSSR count). The summed E-state index contributed by atoms with van der Waals surface area (Å²) in [6.07, 6.45) is 1.83. The van der Waals surface area contributed by atoms with E-state index in [1.165, 1.54) is 21.3 Å². The van der Waals surface area contributed by atoms with Crippen LogP contribution in [0.2, 0.25) is 0 Å². The Balaban J connectivity index is 2.00. The molecule has 1 aromatic carbocycles. The Morgan fingerprint density at radius 1 is 1.12 bits per heavy atom. The summed E-state index contributed by atoms with van der Waals surface area (Å²) in [4.78, 5) is 23.9. The molecule has 1 unspecified atom stereocenters. The number of methoxy groups -OCH3 is 3. The maximum absolute atomic E-state index is 12.0. The van der Waals surface area contributed by atoms with Crippen LogP contribution in [0.1, 0.15) is 12.8 Å². The van der Waals surface area contributed by atoms with E-state index in [-0.39, 0.29) is 6.10 Å². The molecule has 1 saturated heterocycles. The summed E-state index contributed by atoms with van der Waals surface area (Å²) in [5, 5.41) is 5.07. The van der Waals surface area contributed by atoms with E-state index in [9.17, 15) is 9.59 Å². The van der Waals surface area contributed by atoms with Crippen molar-refractivity contribution in [3.8, 4) is 17.2 Å². The van der Waals surface area contributed by atoms with Crippen LogP contribution in [0.25, 0.3) is 0 Å². The largest absolute Gasteiger partial charge is 0.493 e. The summed E-state index contributed by atoms with van der Waals surface area (Å²) in [6, 6.07) is 3.10. The van der Waals surface area contributed by atoms with Gasteiger partial charge < -0.3 is 29.6 Å². The molecule has 132 valence electrons. The molecule has 1 heterocycles. The monoisotopic (exact) mass is 338 g/mol. The van der Waals surface area contributed by atoms with E-state index < -0.39 is 11.8 Å². The van der Waals surface area contributed by atoms with Crippen molar-refractivity contribution in [2.75, 3.05) is 39.8 Å². The summed E-state index contributed by atoms with van der Waals surface area (Å²) < 4.78 is 21.0. The molecule has 1 atom stereocenters. The summed E-state index contributed by atoms with van der Waals surface area (Å²) in [6.45, 7) is 1.01. The fourth-order valence-corrected chi connectivity index (χ4v) is 2.43. The number of carbonyl (C=O) groups is 2. The average molecular weight is 338 g/mol. The molecule has 2 N–H and O–H groups in total. The molecule has 0 aliphatic carbocycles. The van der Waals surface area contributed by atoms with E-state index in [1.807, 2.05) is 0 Å². The van der Waals surface area contributed by atoms with Crippen LogP contribution < -0.4 is 24.8 Å². The maximum Gasteiger partial charge on any atom is 0.313 e. The van der Waals surface area contributed by atoms with Crippen molar-refractivity contribution in [2.24, 2.45) is 0 Å². The third kappa shape index (κ3) is 4.29. The maximum atomic E-state index is 12.0. The van der Waals surface area contributed by atoms with Crippen molar-refractivity contribution in [3.05, 3.63) is 12.1 Å². The fourth-order valence-electron chi connectivity index (χ4n) is 2.43. The topological polar surface area (TPSA) is 95.1 Å². The zero-order valence-corrected chi connectivity index (χ0v) is 14.0. The van der Waals surface area contributed by atoms with Crippen molar-refractivity contribution in [1.29, 1.82) is 0 Å². The van der Waals surface area contributed by atoms with Crippen LogP contribution in [0.5, 0.6) is 17.2 Å². The number of hydrogen-bond acceptors (Lipinski definition) is 6. The third-order valence-electron chi connectivity index (χ3n) is 3.64. The Bertz CT molecular complexity index is 573. The SMILES string of the molecule is COc1cc(NC(=O)C(=O)NCC2CCCO2)cc(OC)c1OC. The molecule has 0 spiro atoms. The number of anilines is 1. The van der Waals surface area contributed by atoms with Crippen molar-refractivity contribution in [3.63, 3.8) is 0 Å². The zero-order valence-electron chi connectivity index (χ0n) is 14.0. The Morgan fingerprint density at radius 2 is 1.79 bits per heavy atom. The van der Waals surface area contributed by atoms with Gasteiger partial charge in [-0.25, -0.2) is 0 Å². The Labute approximate surface area is 140 Å². The minimum Gasteiger partial charge on any atom is -0.493 e.